The van der Waals surface area contributed by atoms with Crippen LogP contribution in [0.3, 0.4) is 0 Å². The normalized spacial score (nSPS) is 17.0. The van der Waals surface area contributed by atoms with Crippen molar-refractivity contribution >= 4 is 5.97 Å². The van der Waals surface area contributed by atoms with Gasteiger partial charge in [0.2, 0.25) is 23.5 Å². The van der Waals surface area contributed by atoms with Gasteiger partial charge in [0.05, 0.1) is 68.3 Å². The molecule has 0 aliphatic heterocycles. The van der Waals surface area contributed by atoms with Gasteiger partial charge in [0.25, 0.3) is 0 Å². The zero-order valence-corrected chi connectivity index (χ0v) is 17.9. The Morgan fingerprint density at radius 2 is 1.16 bits per heavy atom. The molecular formula is C19H17N4NaO8. The quantitative estimate of drug-likeness (QED) is 0.331. The average Bonchev–Trinajstić information content (AvgIpc) is 2.73. The summed E-state index contributed by atoms with van der Waals surface area (Å²) in [4.78, 5) is 26.7. The molecule has 2 heterocycles. The van der Waals surface area contributed by atoms with Crippen LogP contribution < -0.4 is 63.1 Å². The van der Waals surface area contributed by atoms with Crippen molar-refractivity contribution in [3.05, 3.63) is 35.9 Å². The van der Waals surface area contributed by atoms with E-state index in [1.54, 1.807) is 0 Å². The van der Waals surface area contributed by atoms with Gasteiger partial charge in [0, 0.05) is 0 Å². The number of aromatic carboxylic acids is 1. The molecule has 32 heavy (non-hydrogen) atoms. The van der Waals surface area contributed by atoms with Crippen LogP contribution in [0.1, 0.15) is 26.8 Å². The number of carboxylic acids is 1. The molecule has 2 aromatic heterocycles. The number of hydrogen-bond donors (Lipinski definition) is 0. The number of nitrogens with zero attached hydrogens (tertiary/aromatic N) is 4. The second-order valence-electron chi connectivity index (χ2n) is 5.18. The maximum absolute atomic E-state index is 12.1. The van der Waals surface area contributed by atoms with Gasteiger partial charge in [-0.1, -0.05) is 6.07 Å². The number of carbonyl (C=O) groups excluding carboxylic acids is 1. The standard InChI is InChI=1S/C19H18N4O8.Na/c1-26-12-8-13(27-2)21-18(20-12)30-10-6-5-7-11(16(10)17(24)25)31-19-22-14(28-3)9-15(23-19)29-4;/h5-9H,1-4H3,(H,24,25);/q;+1/p-1/i1D3,2D3,3D3,4D3;. The monoisotopic (exact) mass is 464 g/mol. The van der Waals surface area contributed by atoms with Gasteiger partial charge in [-0.05, 0) is 12.1 Å². The van der Waals surface area contributed by atoms with Gasteiger partial charge in [-0.2, -0.15) is 19.9 Å². The average molecular weight is 464 g/mol. The minimum Gasteiger partial charge on any atom is -0.545 e. The summed E-state index contributed by atoms with van der Waals surface area (Å²) >= 11 is 0. The van der Waals surface area contributed by atoms with Crippen LogP contribution in [-0.2, 0) is 0 Å². The molecule has 0 amide bonds. The Kier molecular flexibility index (Phi) is 4.47. The van der Waals surface area contributed by atoms with Crippen LogP contribution in [-0.4, -0.2) is 54.1 Å². The maximum Gasteiger partial charge on any atom is 1.00 e. The van der Waals surface area contributed by atoms with Crippen LogP contribution in [0, 0.1) is 0 Å². The maximum atomic E-state index is 12.1. The fourth-order valence-electron chi connectivity index (χ4n) is 2.15. The van der Waals surface area contributed by atoms with E-state index in [1.807, 2.05) is 0 Å². The first-order chi connectivity index (χ1) is 19.6. The van der Waals surface area contributed by atoms with Crippen molar-refractivity contribution in [2.75, 3.05) is 28.2 Å². The molecule has 12 nitrogen and oxygen atoms in total. The second-order valence-corrected chi connectivity index (χ2v) is 5.18. The molecule has 0 radical (unpaired) electrons. The zero-order valence-electron chi connectivity index (χ0n) is 27.9. The van der Waals surface area contributed by atoms with E-state index in [0.29, 0.717) is 0 Å². The summed E-state index contributed by atoms with van der Waals surface area (Å²) < 4.78 is 116. The Morgan fingerprint density at radius 3 is 1.47 bits per heavy atom. The van der Waals surface area contributed by atoms with Crippen molar-refractivity contribution in [1.29, 1.82) is 0 Å². The first-order valence-corrected chi connectivity index (χ1v) is 7.80. The molecule has 0 bridgehead atoms. The van der Waals surface area contributed by atoms with Gasteiger partial charge in [-0.3, -0.25) is 0 Å². The summed E-state index contributed by atoms with van der Waals surface area (Å²) in [5, 5.41) is 12.1. The van der Waals surface area contributed by atoms with Gasteiger partial charge in [-0.25, -0.2) is 0 Å². The van der Waals surface area contributed by atoms with Gasteiger partial charge in [-0.15, -0.1) is 0 Å². The van der Waals surface area contributed by atoms with Crippen LogP contribution in [0.4, 0.5) is 0 Å². The summed E-state index contributed by atoms with van der Waals surface area (Å²) in [5.41, 5.74) is -0.865. The number of carboxylic acid groups (broad SMARTS) is 1. The number of methoxy groups -OCH3 is 4. The van der Waals surface area contributed by atoms with E-state index in [4.69, 9.17) is 25.9 Å². The Balaban J connectivity index is 0.00000675. The molecule has 0 saturated heterocycles. The van der Waals surface area contributed by atoms with Gasteiger partial charge in [0.1, 0.15) is 11.5 Å². The van der Waals surface area contributed by atoms with Crippen molar-refractivity contribution in [2.24, 2.45) is 0 Å². The molecular weight excluding hydrogens is 435 g/mol. The smallest absolute Gasteiger partial charge is 0.545 e. The molecule has 3 aromatic rings. The summed E-state index contributed by atoms with van der Waals surface area (Å²) in [7, 11) is -12.2. The number of benzene rings is 1. The third kappa shape index (κ3) is 5.87. The molecule has 13 heteroatoms. The van der Waals surface area contributed by atoms with Crippen LogP contribution in [0.2, 0.25) is 0 Å². The predicted octanol–water partition coefficient (Wildman–Crippen LogP) is -1.75. The molecule has 1 aromatic carbocycles. The second kappa shape index (κ2) is 11.3. The largest absolute Gasteiger partial charge is 1.00 e. The van der Waals surface area contributed by atoms with Crippen molar-refractivity contribution < 1.29 is 84.3 Å². The van der Waals surface area contributed by atoms with Crippen LogP contribution in [0.5, 0.6) is 47.0 Å². The predicted molar refractivity (Wildman–Crippen MR) is 101 cm³/mol. The first-order valence-electron chi connectivity index (χ1n) is 13.8. The van der Waals surface area contributed by atoms with E-state index in [0.717, 1.165) is 24.3 Å². The number of aromatic nitrogens is 4. The van der Waals surface area contributed by atoms with Crippen LogP contribution >= 0.6 is 0 Å². The molecule has 3 rings (SSSR count). The summed E-state index contributed by atoms with van der Waals surface area (Å²) in [6, 6.07) is 3.05. The Hall–Kier alpha value is -3.35. The van der Waals surface area contributed by atoms with Gasteiger partial charge >= 0.3 is 41.6 Å². The third-order valence-electron chi connectivity index (χ3n) is 3.33. The number of hydrogen-bond acceptors (Lipinski definition) is 12. The minimum absolute atomic E-state index is 0. The van der Waals surface area contributed by atoms with Crippen molar-refractivity contribution in [2.45, 2.75) is 0 Å². The van der Waals surface area contributed by atoms with Crippen LogP contribution in [0.15, 0.2) is 30.3 Å². The van der Waals surface area contributed by atoms with Crippen molar-refractivity contribution in [3.8, 4) is 47.0 Å². The van der Waals surface area contributed by atoms with E-state index >= 15 is 0 Å². The molecule has 0 aliphatic carbocycles. The Labute approximate surface area is 221 Å². The van der Waals surface area contributed by atoms with Gasteiger partial charge in [0.15, 0.2) is 0 Å². The molecule has 0 atom stereocenters. The molecule has 0 saturated carbocycles. The Morgan fingerprint density at radius 1 is 0.781 bits per heavy atom. The summed E-state index contributed by atoms with van der Waals surface area (Å²) in [6.07, 6.45) is 0. The van der Waals surface area contributed by atoms with E-state index in [2.05, 4.69) is 38.9 Å². The summed E-state index contributed by atoms with van der Waals surface area (Å²) in [5.74, 6) is -6.08. The van der Waals surface area contributed by atoms with Gasteiger partial charge < -0.3 is 38.3 Å². The summed E-state index contributed by atoms with van der Waals surface area (Å²) in [6.45, 7) is 0. The molecule has 0 unspecified atom stereocenters. The van der Waals surface area contributed by atoms with E-state index in [9.17, 15) is 9.90 Å². The van der Waals surface area contributed by atoms with E-state index < -0.39 is 86.7 Å². The first kappa shape index (κ1) is 12.6. The topological polar surface area (TPSA) is 147 Å². The fourth-order valence-corrected chi connectivity index (χ4v) is 2.15. The zero-order chi connectivity index (χ0) is 32.4. The molecule has 0 fully saturated rings. The fraction of sp³-hybridized carbons (Fsp3) is 0.211. The molecule has 162 valence electrons. The van der Waals surface area contributed by atoms with E-state index in [1.165, 1.54) is 6.07 Å². The molecule has 0 aliphatic rings. The van der Waals surface area contributed by atoms with E-state index in [-0.39, 0.29) is 29.6 Å². The van der Waals surface area contributed by atoms with Crippen LogP contribution in [0.25, 0.3) is 0 Å². The SMILES string of the molecule is [2H]C([2H])([2H])Oc1cc(OC([2H])([2H])[2H])nc(Oc2cccc(Oc3nc(OC([2H])([2H])[2H])cc(OC([2H])([2H])[2H])n3)c2C(=O)[O-])n1.[Na+]. The molecule has 0 spiro atoms. The third-order valence-corrected chi connectivity index (χ3v) is 3.33. The number of ether oxygens (including phenoxy) is 6. The van der Waals surface area contributed by atoms with Crippen molar-refractivity contribution in [3.63, 3.8) is 0 Å². The minimum atomic E-state index is -3.05. The molecule has 0 N–H and O–H groups in total. The number of rotatable bonds is 9. The Bertz CT molecular complexity index is 1320. The number of carbonyl (C=O) groups is 1. The van der Waals surface area contributed by atoms with Crippen molar-refractivity contribution in [1.82, 2.24) is 19.9 Å².